The highest BCUT2D eigenvalue weighted by Gasteiger charge is 2.18. The van der Waals surface area contributed by atoms with Gasteiger partial charge < -0.3 is 4.74 Å². The lowest BCUT2D eigenvalue weighted by Gasteiger charge is -1.99. The zero-order valence-corrected chi connectivity index (χ0v) is 9.17. The van der Waals surface area contributed by atoms with Crippen LogP contribution in [0.25, 0.3) is 0 Å². The van der Waals surface area contributed by atoms with Gasteiger partial charge in [-0.05, 0) is 6.92 Å². The van der Waals surface area contributed by atoms with Gasteiger partial charge in [-0.1, -0.05) is 0 Å². The Labute approximate surface area is 92.2 Å². The summed E-state index contributed by atoms with van der Waals surface area (Å²) in [7, 11) is 1.65. The second kappa shape index (κ2) is 5.24. The van der Waals surface area contributed by atoms with Crippen molar-refractivity contribution in [1.82, 2.24) is 9.78 Å². The Kier molecular flexibility index (Phi) is 3.98. The number of hydrogen-bond acceptors (Lipinski definition) is 5. The number of aromatic nitrogens is 2. The van der Waals surface area contributed by atoms with Crippen LogP contribution in [0.2, 0.25) is 0 Å². The van der Waals surface area contributed by atoms with E-state index in [4.69, 9.17) is 4.74 Å². The molecule has 0 aliphatic rings. The summed E-state index contributed by atoms with van der Waals surface area (Å²) in [6.07, 6.45) is 1.77. The van der Waals surface area contributed by atoms with Gasteiger partial charge in [0.05, 0.1) is 6.61 Å². The first kappa shape index (κ1) is 12.2. The van der Waals surface area contributed by atoms with E-state index in [-0.39, 0.29) is 25.3 Å². The van der Waals surface area contributed by atoms with Gasteiger partial charge in [-0.3, -0.25) is 14.8 Å². The molecule has 7 nitrogen and oxygen atoms in total. The van der Waals surface area contributed by atoms with Crippen molar-refractivity contribution in [2.75, 3.05) is 13.2 Å². The van der Waals surface area contributed by atoms with E-state index >= 15 is 0 Å². The van der Waals surface area contributed by atoms with Crippen molar-refractivity contribution >= 4 is 5.97 Å². The van der Waals surface area contributed by atoms with Crippen molar-refractivity contribution in [3.63, 3.8) is 0 Å². The average molecular weight is 227 g/mol. The molecule has 88 valence electrons. The summed E-state index contributed by atoms with van der Waals surface area (Å²) >= 11 is 0. The Morgan fingerprint density at radius 1 is 1.69 bits per heavy atom. The lowest BCUT2D eigenvalue weighted by Crippen LogP contribution is -2.11. The maximum absolute atomic E-state index is 11.5. The fourth-order valence-corrected chi connectivity index (χ4v) is 1.30. The molecule has 0 bridgehead atoms. The summed E-state index contributed by atoms with van der Waals surface area (Å²) in [5, 5.41) is 14.2. The SMILES string of the molecule is CCOC(=O)c1nn(C)cc1CC[N+](=O)[O-]. The van der Waals surface area contributed by atoms with Crippen molar-refractivity contribution in [2.24, 2.45) is 7.05 Å². The van der Waals surface area contributed by atoms with Crippen molar-refractivity contribution < 1.29 is 14.5 Å². The zero-order chi connectivity index (χ0) is 12.1. The average Bonchev–Trinajstić information content (AvgIpc) is 2.57. The normalized spacial score (nSPS) is 10.1. The molecule has 1 aromatic rings. The van der Waals surface area contributed by atoms with Crippen LogP contribution in [0.4, 0.5) is 0 Å². The molecule has 0 aromatic carbocycles. The van der Waals surface area contributed by atoms with Gasteiger partial charge in [0.2, 0.25) is 6.54 Å². The molecule has 0 atom stereocenters. The summed E-state index contributed by atoms with van der Waals surface area (Å²) < 4.78 is 6.25. The van der Waals surface area contributed by atoms with E-state index in [9.17, 15) is 14.9 Å². The first-order valence-electron chi connectivity index (χ1n) is 4.86. The molecular formula is C9H13N3O4. The van der Waals surface area contributed by atoms with Gasteiger partial charge in [-0.15, -0.1) is 0 Å². The van der Waals surface area contributed by atoms with E-state index in [1.807, 2.05) is 0 Å². The van der Waals surface area contributed by atoms with Gasteiger partial charge in [0.15, 0.2) is 5.69 Å². The van der Waals surface area contributed by atoms with E-state index in [1.54, 1.807) is 20.2 Å². The molecule has 1 heterocycles. The monoisotopic (exact) mass is 227 g/mol. The highest BCUT2D eigenvalue weighted by atomic mass is 16.6. The molecule has 0 saturated carbocycles. The van der Waals surface area contributed by atoms with Crippen LogP contribution in [0, 0.1) is 10.1 Å². The second-order valence-corrected chi connectivity index (χ2v) is 3.20. The Bertz CT molecular complexity index is 399. The molecule has 0 aliphatic carbocycles. The zero-order valence-electron chi connectivity index (χ0n) is 9.17. The molecule has 0 amide bonds. The number of hydrogen-bond donors (Lipinski definition) is 0. The predicted octanol–water partition coefficient (Wildman–Crippen LogP) is 0.416. The van der Waals surface area contributed by atoms with E-state index in [1.165, 1.54) is 4.68 Å². The lowest BCUT2D eigenvalue weighted by atomic mass is 10.2. The second-order valence-electron chi connectivity index (χ2n) is 3.20. The largest absolute Gasteiger partial charge is 0.461 e. The molecular weight excluding hydrogens is 214 g/mol. The Hall–Kier alpha value is -1.92. The molecule has 1 aromatic heterocycles. The molecule has 16 heavy (non-hydrogen) atoms. The molecule has 0 spiro atoms. The maximum atomic E-state index is 11.5. The first-order chi connectivity index (χ1) is 7.54. The molecule has 0 aliphatic heterocycles. The number of carbonyl (C=O) groups is 1. The molecule has 0 unspecified atom stereocenters. The van der Waals surface area contributed by atoms with Crippen LogP contribution in [0.5, 0.6) is 0 Å². The van der Waals surface area contributed by atoms with Gasteiger partial charge >= 0.3 is 5.97 Å². The van der Waals surface area contributed by atoms with Crippen LogP contribution >= 0.6 is 0 Å². The molecule has 0 N–H and O–H groups in total. The summed E-state index contributed by atoms with van der Waals surface area (Å²) in [5.74, 6) is -0.540. The number of ether oxygens (including phenoxy) is 1. The van der Waals surface area contributed by atoms with Crippen LogP contribution in [0.15, 0.2) is 6.20 Å². The van der Waals surface area contributed by atoms with Crippen molar-refractivity contribution in [2.45, 2.75) is 13.3 Å². The van der Waals surface area contributed by atoms with Crippen LogP contribution in [0.1, 0.15) is 23.0 Å². The third kappa shape index (κ3) is 3.04. The number of aryl methyl sites for hydroxylation is 1. The third-order valence-corrected chi connectivity index (χ3v) is 1.94. The van der Waals surface area contributed by atoms with E-state index < -0.39 is 10.9 Å². The highest BCUT2D eigenvalue weighted by Crippen LogP contribution is 2.09. The Morgan fingerprint density at radius 3 is 2.94 bits per heavy atom. The fourth-order valence-electron chi connectivity index (χ4n) is 1.30. The van der Waals surface area contributed by atoms with Gasteiger partial charge in [0.25, 0.3) is 0 Å². The minimum Gasteiger partial charge on any atom is -0.461 e. The number of rotatable bonds is 5. The lowest BCUT2D eigenvalue weighted by molar-refractivity contribution is -0.479. The first-order valence-corrected chi connectivity index (χ1v) is 4.86. The summed E-state index contributed by atoms with van der Waals surface area (Å²) in [6.45, 7) is 1.72. The van der Waals surface area contributed by atoms with Gasteiger partial charge in [-0.2, -0.15) is 5.10 Å². The van der Waals surface area contributed by atoms with Gasteiger partial charge in [-0.25, -0.2) is 4.79 Å². The van der Waals surface area contributed by atoms with E-state index in [2.05, 4.69) is 5.10 Å². The Balaban J connectivity index is 2.82. The molecule has 0 fully saturated rings. The van der Waals surface area contributed by atoms with Gasteiger partial charge in [0.1, 0.15) is 0 Å². The van der Waals surface area contributed by atoms with Crippen LogP contribution in [0.3, 0.4) is 0 Å². The Morgan fingerprint density at radius 2 is 2.38 bits per heavy atom. The molecule has 1 rings (SSSR count). The number of carbonyl (C=O) groups excluding carboxylic acids is 1. The standard InChI is InChI=1S/C9H13N3O4/c1-3-16-9(13)8-7(4-5-12(14)15)6-11(2)10-8/h6H,3-5H2,1-2H3. The summed E-state index contributed by atoms with van der Waals surface area (Å²) in [4.78, 5) is 21.3. The summed E-state index contributed by atoms with van der Waals surface area (Å²) in [6, 6.07) is 0. The van der Waals surface area contributed by atoms with Crippen LogP contribution in [-0.4, -0.2) is 33.8 Å². The van der Waals surface area contributed by atoms with Crippen molar-refractivity contribution in [3.05, 3.63) is 27.6 Å². The minimum atomic E-state index is -0.540. The number of esters is 1. The van der Waals surface area contributed by atoms with E-state index in [0.29, 0.717) is 5.56 Å². The maximum Gasteiger partial charge on any atom is 0.359 e. The van der Waals surface area contributed by atoms with E-state index in [0.717, 1.165) is 0 Å². The van der Waals surface area contributed by atoms with Crippen LogP contribution in [-0.2, 0) is 18.2 Å². The van der Waals surface area contributed by atoms with Crippen molar-refractivity contribution in [3.8, 4) is 0 Å². The topological polar surface area (TPSA) is 87.3 Å². The third-order valence-electron chi connectivity index (χ3n) is 1.94. The predicted molar refractivity (Wildman–Crippen MR) is 54.7 cm³/mol. The van der Waals surface area contributed by atoms with Crippen LogP contribution < -0.4 is 0 Å². The molecule has 7 heteroatoms. The quantitative estimate of drug-likeness (QED) is 0.413. The fraction of sp³-hybridized carbons (Fsp3) is 0.556. The molecule has 0 saturated heterocycles. The number of nitrogens with zero attached hydrogens (tertiary/aromatic N) is 3. The number of nitro groups is 1. The molecule has 0 radical (unpaired) electrons. The van der Waals surface area contributed by atoms with Gasteiger partial charge in [0, 0.05) is 30.2 Å². The smallest absolute Gasteiger partial charge is 0.359 e. The van der Waals surface area contributed by atoms with Crippen molar-refractivity contribution in [1.29, 1.82) is 0 Å². The summed E-state index contributed by atoms with van der Waals surface area (Å²) in [5.41, 5.74) is 0.698. The minimum absolute atomic E-state index is 0.159. The highest BCUT2D eigenvalue weighted by molar-refractivity contribution is 5.88.